The van der Waals surface area contributed by atoms with E-state index in [1.54, 1.807) is 24.3 Å². The number of fused-ring (bicyclic) bond motifs is 1. The third kappa shape index (κ3) is 5.26. The Balaban J connectivity index is 1.41. The lowest BCUT2D eigenvalue weighted by molar-refractivity contribution is 0.0761. The van der Waals surface area contributed by atoms with Crippen LogP contribution in [0.1, 0.15) is 52.0 Å². The van der Waals surface area contributed by atoms with Crippen LogP contribution >= 0.6 is 11.6 Å². The zero-order valence-corrected chi connectivity index (χ0v) is 21.0. The lowest BCUT2D eigenvalue weighted by Gasteiger charge is -2.20. The van der Waals surface area contributed by atoms with Gasteiger partial charge in [0.2, 0.25) is 0 Å². The molecule has 0 saturated carbocycles. The number of benzene rings is 3. The molecule has 0 aliphatic carbocycles. The first-order valence-corrected chi connectivity index (χ1v) is 12.7. The minimum atomic E-state index is -0.227. The summed E-state index contributed by atoms with van der Waals surface area (Å²) >= 11 is 6.06. The number of pyridine rings is 1. The Labute approximate surface area is 216 Å². The number of aryl methyl sites for hydroxylation is 1. The van der Waals surface area contributed by atoms with Crippen molar-refractivity contribution < 1.29 is 9.59 Å². The molecule has 0 atom stereocenters. The Bertz CT molecular complexity index is 1410. The van der Waals surface area contributed by atoms with Crippen molar-refractivity contribution >= 4 is 40.0 Å². The Morgan fingerprint density at radius 1 is 0.861 bits per heavy atom. The van der Waals surface area contributed by atoms with Gasteiger partial charge in [0.25, 0.3) is 11.8 Å². The summed E-state index contributed by atoms with van der Waals surface area (Å²) < 4.78 is 0. The van der Waals surface area contributed by atoms with E-state index in [1.165, 1.54) is 12.8 Å². The van der Waals surface area contributed by atoms with Crippen molar-refractivity contribution in [2.24, 2.45) is 0 Å². The molecule has 2 heterocycles. The van der Waals surface area contributed by atoms with E-state index in [-0.39, 0.29) is 11.8 Å². The predicted molar refractivity (Wildman–Crippen MR) is 146 cm³/mol. The maximum Gasteiger partial charge on any atom is 0.256 e. The number of hydrogen-bond donors (Lipinski definition) is 1. The molecule has 1 fully saturated rings. The van der Waals surface area contributed by atoms with E-state index in [0.717, 1.165) is 48.0 Å². The van der Waals surface area contributed by atoms with Gasteiger partial charge in [-0.05, 0) is 74.4 Å². The van der Waals surface area contributed by atoms with Gasteiger partial charge in [-0.3, -0.25) is 9.59 Å². The van der Waals surface area contributed by atoms with Gasteiger partial charge in [0.1, 0.15) is 0 Å². The third-order valence-electron chi connectivity index (χ3n) is 6.63. The summed E-state index contributed by atoms with van der Waals surface area (Å²) in [6.07, 6.45) is 4.46. The first kappa shape index (κ1) is 24.0. The molecular formula is C30H28ClN3O2. The normalized spacial score (nSPS) is 13.9. The number of nitrogens with zero attached hydrogens (tertiary/aromatic N) is 2. The van der Waals surface area contributed by atoms with Crippen molar-refractivity contribution in [3.8, 4) is 11.3 Å². The van der Waals surface area contributed by atoms with Crippen LogP contribution < -0.4 is 5.32 Å². The van der Waals surface area contributed by atoms with Crippen LogP contribution in [0.2, 0.25) is 5.02 Å². The summed E-state index contributed by atoms with van der Waals surface area (Å²) in [5.74, 6) is -0.173. The number of halogens is 1. The number of aromatic nitrogens is 1. The highest BCUT2D eigenvalue weighted by atomic mass is 35.5. The topological polar surface area (TPSA) is 62.3 Å². The molecule has 1 saturated heterocycles. The summed E-state index contributed by atoms with van der Waals surface area (Å²) in [5.41, 5.74) is 5.20. The van der Waals surface area contributed by atoms with Crippen LogP contribution in [0.25, 0.3) is 22.2 Å². The summed E-state index contributed by atoms with van der Waals surface area (Å²) in [6, 6.07) is 22.3. The van der Waals surface area contributed by atoms with Gasteiger partial charge in [0.15, 0.2) is 0 Å². The van der Waals surface area contributed by atoms with Crippen LogP contribution in [0.5, 0.6) is 0 Å². The molecule has 1 aliphatic rings. The number of hydrogen-bond acceptors (Lipinski definition) is 3. The molecule has 36 heavy (non-hydrogen) atoms. The van der Waals surface area contributed by atoms with E-state index in [1.807, 2.05) is 60.4 Å². The molecule has 2 amide bonds. The van der Waals surface area contributed by atoms with Crippen LogP contribution in [0.4, 0.5) is 5.69 Å². The predicted octanol–water partition coefficient (Wildman–Crippen LogP) is 7.13. The van der Waals surface area contributed by atoms with Crippen molar-refractivity contribution in [2.75, 3.05) is 18.4 Å². The molecular weight excluding hydrogens is 470 g/mol. The highest BCUT2D eigenvalue weighted by Crippen LogP contribution is 2.27. The van der Waals surface area contributed by atoms with Gasteiger partial charge in [-0.25, -0.2) is 4.98 Å². The minimum absolute atomic E-state index is 0.0537. The van der Waals surface area contributed by atoms with E-state index in [0.29, 0.717) is 27.5 Å². The average Bonchev–Trinajstić information content (AvgIpc) is 3.18. The van der Waals surface area contributed by atoms with Crippen molar-refractivity contribution in [2.45, 2.75) is 32.6 Å². The number of carbonyl (C=O) groups excluding carboxylic acids is 2. The molecule has 0 unspecified atom stereocenters. The molecule has 6 heteroatoms. The molecule has 4 aromatic rings. The molecule has 0 spiro atoms. The summed E-state index contributed by atoms with van der Waals surface area (Å²) in [7, 11) is 0. The van der Waals surface area contributed by atoms with Crippen LogP contribution in [-0.4, -0.2) is 34.8 Å². The molecule has 5 nitrogen and oxygen atoms in total. The van der Waals surface area contributed by atoms with E-state index >= 15 is 0 Å². The van der Waals surface area contributed by atoms with E-state index in [9.17, 15) is 9.59 Å². The summed E-state index contributed by atoms with van der Waals surface area (Å²) in [4.78, 5) is 33.1. The molecule has 5 rings (SSSR count). The lowest BCUT2D eigenvalue weighted by atomic mass is 10.0. The fourth-order valence-corrected chi connectivity index (χ4v) is 4.77. The number of amides is 2. The van der Waals surface area contributed by atoms with Gasteiger partial charge in [-0.15, -0.1) is 0 Å². The Morgan fingerprint density at radius 3 is 2.25 bits per heavy atom. The number of likely N-dealkylation sites (tertiary alicyclic amines) is 1. The molecule has 182 valence electrons. The van der Waals surface area contributed by atoms with Gasteiger partial charge in [-0.2, -0.15) is 0 Å². The van der Waals surface area contributed by atoms with E-state index in [2.05, 4.69) is 5.32 Å². The summed E-state index contributed by atoms with van der Waals surface area (Å²) in [6.45, 7) is 3.61. The second-order valence-corrected chi connectivity index (χ2v) is 9.76. The number of carbonyl (C=O) groups is 2. The van der Waals surface area contributed by atoms with Crippen molar-refractivity contribution in [3.05, 3.63) is 94.5 Å². The Kier molecular flexibility index (Phi) is 7.01. The van der Waals surface area contributed by atoms with E-state index < -0.39 is 0 Å². The number of nitrogens with one attached hydrogen (secondary N) is 1. The van der Waals surface area contributed by atoms with Crippen molar-refractivity contribution in [3.63, 3.8) is 0 Å². The maximum absolute atomic E-state index is 13.4. The SMILES string of the molecule is Cc1ccc2nc(-c3ccc(Cl)cc3)cc(C(=O)Nc3ccc(C(=O)N4CCCCCC4)cc3)c2c1. The Morgan fingerprint density at radius 2 is 1.56 bits per heavy atom. The van der Waals surface area contributed by atoms with Crippen molar-refractivity contribution in [1.29, 1.82) is 0 Å². The minimum Gasteiger partial charge on any atom is -0.339 e. The molecule has 1 aliphatic heterocycles. The van der Waals surface area contributed by atoms with Gasteiger partial charge < -0.3 is 10.2 Å². The van der Waals surface area contributed by atoms with Gasteiger partial charge >= 0.3 is 0 Å². The first-order chi connectivity index (χ1) is 17.5. The molecule has 3 aromatic carbocycles. The quantitative estimate of drug-likeness (QED) is 0.326. The van der Waals surface area contributed by atoms with Gasteiger partial charge in [-0.1, -0.05) is 48.2 Å². The zero-order chi connectivity index (χ0) is 25.1. The van der Waals surface area contributed by atoms with Crippen LogP contribution in [0.15, 0.2) is 72.8 Å². The first-order valence-electron chi connectivity index (χ1n) is 12.4. The molecule has 0 bridgehead atoms. The zero-order valence-electron chi connectivity index (χ0n) is 20.3. The monoisotopic (exact) mass is 497 g/mol. The average molecular weight is 498 g/mol. The Hall–Kier alpha value is -3.70. The van der Waals surface area contributed by atoms with Gasteiger partial charge in [0, 0.05) is 40.3 Å². The smallest absolute Gasteiger partial charge is 0.256 e. The maximum atomic E-state index is 13.4. The van der Waals surface area contributed by atoms with Crippen LogP contribution in [0.3, 0.4) is 0 Å². The standard InChI is InChI=1S/C30H28ClN3O2/c1-20-6-15-27-25(18-20)26(19-28(33-27)21-7-11-23(31)12-8-21)29(35)32-24-13-9-22(10-14-24)30(36)34-16-4-2-3-5-17-34/h6-15,18-19H,2-5,16-17H2,1H3,(H,32,35). The highest BCUT2D eigenvalue weighted by molar-refractivity contribution is 6.30. The fourth-order valence-electron chi connectivity index (χ4n) is 4.65. The molecule has 1 aromatic heterocycles. The second kappa shape index (κ2) is 10.5. The molecule has 1 N–H and O–H groups in total. The van der Waals surface area contributed by atoms with E-state index in [4.69, 9.17) is 16.6 Å². The summed E-state index contributed by atoms with van der Waals surface area (Å²) in [5, 5.41) is 4.43. The highest BCUT2D eigenvalue weighted by Gasteiger charge is 2.18. The third-order valence-corrected chi connectivity index (χ3v) is 6.88. The second-order valence-electron chi connectivity index (χ2n) is 9.32. The van der Waals surface area contributed by atoms with Crippen molar-refractivity contribution in [1.82, 2.24) is 9.88 Å². The fraction of sp³-hybridized carbons (Fsp3) is 0.233. The van der Waals surface area contributed by atoms with Gasteiger partial charge in [0.05, 0.1) is 16.8 Å². The van der Waals surface area contributed by atoms with Crippen LogP contribution in [-0.2, 0) is 0 Å². The lowest BCUT2D eigenvalue weighted by Crippen LogP contribution is -2.31. The largest absolute Gasteiger partial charge is 0.339 e. The van der Waals surface area contributed by atoms with Crippen LogP contribution in [0, 0.1) is 6.92 Å². The number of anilines is 1. The number of rotatable bonds is 4. The molecule has 0 radical (unpaired) electrons.